The first-order valence-corrected chi connectivity index (χ1v) is 7.43. The van der Waals surface area contributed by atoms with Gasteiger partial charge in [0.1, 0.15) is 5.75 Å². The number of anilines is 1. The van der Waals surface area contributed by atoms with Crippen molar-refractivity contribution < 1.29 is 14.7 Å². The Morgan fingerprint density at radius 3 is 2.48 bits per heavy atom. The molecule has 0 spiro atoms. The van der Waals surface area contributed by atoms with Crippen molar-refractivity contribution in [2.75, 3.05) is 5.32 Å². The maximum Gasteiger partial charge on any atom is 0.226 e. The van der Waals surface area contributed by atoms with Crippen LogP contribution in [0.4, 0.5) is 5.69 Å². The first-order valence-electron chi connectivity index (χ1n) is 7.05. The summed E-state index contributed by atoms with van der Waals surface area (Å²) in [4.78, 5) is 23.6. The molecular formula is C17H17ClN2O3. The van der Waals surface area contributed by atoms with Crippen molar-refractivity contribution in [1.82, 2.24) is 5.32 Å². The number of hydrogen-bond acceptors (Lipinski definition) is 3. The number of hydrogen-bond donors (Lipinski definition) is 3. The first-order chi connectivity index (χ1) is 10.9. The van der Waals surface area contributed by atoms with E-state index in [0.29, 0.717) is 10.7 Å². The Labute approximate surface area is 139 Å². The summed E-state index contributed by atoms with van der Waals surface area (Å²) in [5.74, 6) is -0.432. The van der Waals surface area contributed by atoms with Crippen LogP contribution in [0.2, 0.25) is 5.02 Å². The summed E-state index contributed by atoms with van der Waals surface area (Å²) < 4.78 is 0. The van der Waals surface area contributed by atoms with Crippen molar-refractivity contribution in [3.63, 3.8) is 0 Å². The van der Waals surface area contributed by atoms with Gasteiger partial charge < -0.3 is 15.7 Å². The van der Waals surface area contributed by atoms with Crippen molar-refractivity contribution in [2.24, 2.45) is 0 Å². The van der Waals surface area contributed by atoms with Crippen LogP contribution in [-0.4, -0.2) is 16.9 Å². The van der Waals surface area contributed by atoms with E-state index in [-0.39, 0.29) is 24.0 Å². The highest BCUT2D eigenvalue weighted by atomic mass is 35.5. The minimum absolute atomic E-state index is 0.0663. The number of halogens is 1. The van der Waals surface area contributed by atoms with Crippen LogP contribution in [-0.2, 0) is 9.59 Å². The molecule has 120 valence electrons. The number of carbonyl (C=O) groups is 2. The summed E-state index contributed by atoms with van der Waals surface area (Å²) in [7, 11) is 0. The quantitative estimate of drug-likeness (QED) is 0.786. The molecule has 5 nitrogen and oxygen atoms in total. The summed E-state index contributed by atoms with van der Waals surface area (Å²) in [5, 5.41) is 15.4. The molecule has 0 heterocycles. The molecule has 2 amide bonds. The predicted molar refractivity (Wildman–Crippen MR) is 89.4 cm³/mol. The Hall–Kier alpha value is -2.53. The van der Waals surface area contributed by atoms with Gasteiger partial charge >= 0.3 is 0 Å². The van der Waals surface area contributed by atoms with Gasteiger partial charge in [-0.2, -0.15) is 0 Å². The lowest BCUT2D eigenvalue weighted by Gasteiger charge is -2.18. The second kappa shape index (κ2) is 7.65. The van der Waals surface area contributed by atoms with Crippen molar-refractivity contribution in [3.8, 4) is 5.75 Å². The minimum Gasteiger partial charge on any atom is -0.508 e. The van der Waals surface area contributed by atoms with Crippen molar-refractivity contribution >= 4 is 29.1 Å². The number of nitrogens with one attached hydrogen (secondary N) is 2. The molecule has 0 saturated heterocycles. The van der Waals surface area contributed by atoms with Crippen LogP contribution < -0.4 is 10.6 Å². The Balaban J connectivity index is 2.09. The Kier molecular flexibility index (Phi) is 5.60. The third kappa shape index (κ3) is 5.30. The average molecular weight is 333 g/mol. The largest absolute Gasteiger partial charge is 0.508 e. The molecular weight excluding hydrogens is 316 g/mol. The van der Waals surface area contributed by atoms with Gasteiger partial charge in [0.25, 0.3) is 0 Å². The van der Waals surface area contributed by atoms with Gasteiger partial charge in [-0.1, -0.05) is 29.8 Å². The molecule has 2 aromatic rings. The van der Waals surface area contributed by atoms with Crippen LogP contribution in [0.3, 0.4) is 0 Å². The SMILES string of the molecule is CC(=O)NC(CC(=O)Nc1cccc(O)c1)c1ccc(Cl)cc1. The molecule has 0 fully saturated rings. The smallest absolute Gasteiger partial charge is 0.226 e. The molecule has 0 aromatic heterocycles. The number of carbonyl (C=O) groups excluding carboxylic acids is 2. The maximum absolute atomic E-state index is 12.2. The van der Waals surface area contributed by atoms with Gasteiger partial charge in [0.05, 0.1) is 12.5 Å². The summed E-state index contributed by atoms with van der Waals surface area (Å²) in [6, 6.07) is 12.8. The molecule has 0 aliphatic carbocycles. The molecule has 1 unspecified atom stereocenters. The minimum atomic E-state index is -0.456. The van der Waals surface area contributed by atoms with Crippen molar-refractivity contribution in [3.05, 3.63) is 59.1 Å². The molecule has 6 heteroatoms. The lowest BCUT2D eigenvalue weighted by molar-refractivity contribution is -0.120. The lowest BCUT2D eigenvalue weighted by Crippen LogP contribution is -2.29. The Morgan fingerprint density at radius 1 is 1.17 bits per heavy atom. The van der Waals surface area contributed by atoms with E-state index >= 15 is 0 Å². The van der Waals surface area contributed by atoms with E-state index in [9.17, 15) is 14.7 Å². The third-order valence-electron chi connectivity index (χ3n) is 3.17. The predicted octanol–water partition coefficient (Wildman–Crippen LogP) is 3.25. The second-order valence-corrected chi connectivity index (χ2v) is 5.54. The van der Waals surface area contributed by atoms with Gasteiger partial charge in [-0.25, -0.2) is 0 Å². The van der Waals surface area contributed by atoms with Crippen molar-refractivity contribution in [1.29, 1.82) is 0 Å². The van der Waals surface area contributed by atoms with Gasteiger partial charge in [-0.3, -0.25) is 9.59 Å². The van der Waals surface area contributed by atoms with Crippen LogP contribution in [0.15, 0.2) is 48.5 Å². The second-order valence-electron chi connectivity index (χ2n) is 5.11. The normalized spacial score (nSPS) is 11.6. The van der Waals surface area contributed by atoms with Gasteiger partial charge in [0.2, 0.25) is 11.8 Å². The number of phenolic OH excluding ortho intramolecular Hbond substituents is 1. The molecule has 0 bridgehead atoms. The fraction of sp³-hybridized carbons (Fsp3) is 0.176. The Morgan fingerprint density at radius 2 is 1.87 bits per heavy atom. The van der Waals surface area contributed by atoms with E-state index in [0.717, 1.165) is 5.56 Å². The van der Waals surface area contributed by atoms with Gasteiger partial charge in [0.15, 0.2) is 0 Å². The topological polar surface area (TPSA) is 78.4 Å². The maximum atomic E-state index is 12.2. The summed E-state index contributed by atoms with van der Waals surface area (Å²) >= 11 is 5.86. The molecule has 0 aliphatic rings. The summed E-state index contributed by atoms with van der Waals surface area (Å²) in [5.41, 5.74) is 1.28. The van der Waals surface area contributed by atoms with E-state index in [1.54, 1.807) is 36.4 Å². The molecule has 3 N–H and O–H groups in total. The molecule has 1 atom stereocenters. The van der Waals surface area contributed by atoms with E-state index < -0.39 is 6.04 Å². The van der Waals surface area contributed by atoms with E-state index in [1.807, 2.05) is 0 Å². The van der Waals surface area contributed by atoms with Crippen LogP contribution in [0.5, 0.6) is 5.75 Å². The van der Waals surface area contributed by atoms with E-state index in [4.69, 9.17) is 11.6 Å². The van der Waals surface area contributed by atoms with Gasteiger partial charge in [0, 0.05) is 23.7 Å². The van der Waals surface area contributed by atoms with Gasteiger partial charge in [-0.05, 0) is 29.8 Å². The highest BCUT2D eigenvalue weighted by Gasteiger charge is 2.17. The zero-order valence-corrected chi connectivity index (χ0v) is 13.3. The molecule has 0 radical (unpaired) electrons. The van der Waals surface area contributed by atoms with E-state index in [1.165, 1.54) is 19.1 Å². The molecule has 2 rings (SSSR count). The number of amides is 2. The lowest BCUT2D eigenvalue weighted by atomic mass is 10.0. The van der Waals surface area contributed by atoms with Gasteiger partial charge in [-0.15, -0.1) is 0 Å². The van der Waals surface area contributed by atoms with E-state index in [2.05, 4.69) is 10.6 Å². The highest BCUT2D eigenvalue weighted by molar-refractivity contribution is 6.30. The third-order valence-corrected chi connectivity index (χ3v) is 3.42. The zero-order chi connectivity index (χ0) is 16.8. The number of benzene rings is 2. The standard InChI is InChI=1S/C17H17ClN2O3/c1-11(21)19-16(12-5-7-13(18)8-6-12)10-17(23)20-14-3-2-4-15(22)9-14/h2-9,16,22H,10H2,1H3,(H,19,21)(H,20,23). The number of rotatable bonds is 5. The monoisotopic (exact) mass is 332 g/mol. The average Bonchev–Trinajstić information content (AvgIpc) is 2.46. The highest BCUT2D eigenvalue weighted by Crippen LogP contribution is 2.21. The van der Waals surface area contributed by atoms with Crippen molar-refractivity contribution in [2.45, 2.75) is 19.4 Å². The molecule has 23 heavy (non-hydrogen) atoms. The Bertz CT molecular complexity index is 701. The molecule has 0 saturated carbocycles. The molecule has 0 aliphatic heterocycles. The van der Waals surface area contributed by atoms with Crippen LogP contribution in [0.25, 0.3) is 0 Å². The van der Waals surface area contributed by atoms with Crippen LogP contribution in [0.1, 0.15) is 24.9 Å². The van der Waals surface area contributed by atoms with Crippen LogP contribution >= 0.6 is 11.6 Å². The fourth-order valence-corrected chi connectivity index (χ4v) is 2.30. The number of aromatic hydroxyl groups is 1. The summed E-state index contributed by atoms with van der Waals surface area (Å²) in [6.45, 7) is 1.40. The molecule has 2 aromatic carbocycles. The fourth-order valence-electron chi connectivity index (χ4n) is 2.17. The zero-order valence-electron chi connectivity index (χ0n) is 12.5. The summed E-state index contributed by atoms with van der Waals surface area (Å²) in [6.07, 6.45) is 0.0663. The van der Waals surface area contributed by atoms with Crippen LogP contribution in [0, 0.1) is 0 Å². The number of phenols is 1. The first kappa shape index (κ1) is 16.8.